The Morgan fingerprint density at radius 3 is 2.65 bits per heavy atom. The van der Waals surface area contributed by atoms with Crippen molar-refractivity contribution in [2.24, 2.45) is 0 Å². The van der Waals surface area contributed by atoms with Gasteiger partial charge in [-0.05, 0) is 25.0 Å². The molecule has 1 aromatic heterocycles. The molecule has 1 aromatic carbocycles. The highest BCUT2D eigenvalue weighted by Gasteiger charge is 2.16. The molecule has 1 aliphatic rings. The standard InChI is InChI=1S/C15H19N5/c1-20(13-9-3-2-4-10-13)15-18-14(11-16-19-15)17-12-7-5-6-8-12/h2-4,9-12H,5-8H2,1H3,(H,17,18,19). The number of nitrogens with one attached hydrogen (secondary N) is 1. The first kappa shape index (κ1) is 12.8. The molecule has 0 amide bonds. The van der Waals surface area contributed by atoms with Gasteiger partial charge in [0, 0.05) is 18.8 Å². The van der Waals surface area contributed by atoms with Crippen LogP contribution < -0.4 is 10.2 Å². The Bertz CT molecular complexity index is 551. The van der Waals surface area contributed by atoms with Crippen LogP contribution in [0.15, 0.2) is 36.5 Å². The maximum absolute atomic E-state index is 4.55. The zero-order valence-corrected chi connectivity index (χ0v) is 11.7. The number of benzene rings is 1. The van der Waals surface area contributed by atoms with Crippen LogP contribution in [0.5, 0.6) is 0 Å². The quantitative estimate of drug-likeness (QED) is 0.924. The minimum Gasteiger partial charge on any atom is -0.366 e. The zero-order valence-electron chi connectivity index (χ0n) is 11.7. The van der Waals surface area contributed by atoms with Gasteiger partial charge < -0.3 is 10.2 Å². The third-order valence-corrected chi connectivity index (χ3v) is 3.70. The fourth-order valence-electron chi connectivity index (χ4n) is 2.55. The summed E-state index contributed by atoms with van der Waals surface area (Å²) < 4.78 is 0. The number of hydrogen-bond acceptors (Lipinski definition) is 5. The molecule has 0 saturated heterocycles. The van der Waals surface area contributed by atoms with E-state index in [0.717, 1.165) is 11.5 Å². The lowest BCUT2D eigenvalue weighted by molar-refractivity contribution is 0.746. The van der Waals surface area contributed by atoms with Gasteiger partial charge in [0.25, 0.3) is 5.95 Å². The van der Waals surface area contributed by atoms with Gasteiger partial charge in [-0.2, -0.15) is 10.1 Å². The number of anilines is 3. The smallest absolute Gasteiger partial charge is 0.251 e. The van der Waals surface area contributed by atoms with Crippen LogP contribution in [0.3, 0.4) is 0 Å². The Labute approximate surface area is 119 Å². The van der Waals surface area contributed by atoms with Crippen molar-refractivity contribution in [2.75, 3.05) is 17.3 Å². The van der Waals surface area contributed by atoms with Crippen LogP contribution in [0.2, 0.25) is 0 Å². The summed E-state index contributed by atoms with van der Waals surface area (Å²) >= 11 is 0. The van der Waals surface area contributed by atoms with E-state index >= 15 is 0 Å². The van der Waals surface area contributed by atoms with E-state index in [1.807, 2.05) is 42.3 Å². The van der Waals surface area contributed by atoms with Crippen molar-refractivity contribution in [3.8, 4) is 0 Å². The lowest BCUT2D eigenvalue weighted by Crippen LogP contribution is -2.18. The molecule has 1 heterocycles. The third kappa shape index (κ3) is 2.87. The molecule has 0 atom stereocenters. The monoisotopic (exact) mass is 269 g/mol. The predicted molar refractivity (Wildman–Crippen MR) is 80.2 cm³/mol. The highest BCUT2D eigenvalue weighted by Crippen LogP contribution is 2.23. The van der Waals surface area contributed by atoms with E-state index in [4.69, 9.17) is 0 Å². The zero-order chi connectivity index (χ0) is 13.8. The van der Waals surface area contributed by atoms with E-state index in [2.05, 4.69) is 20.5 Å². The molecule has 0 bridgehead atoms. The number of hydrogen-bond donors (Lipinski definition) is 1. The summed E-state index contributed by atoms with van der Waals surface area (Å²) in [5, 5.41) is 11.6. The molecule has 0 unspecified atom stereocenters. The minimum atomic E-state index is 0.529. The van der Waals surface area contributed by atoms with Crippen LogP contribution >= 0.6 is 0 Å². The second kappa shape index (κ2) is 5.86. The van der Waals surface area contributed by atoms with Crippen LogP contribution in [-0.2, 0) is 0 Å². The molecule has 2 aromatic rings. The summed E-state index contributed by atoms with van der Waals surface area (Å²) in [4.78, 5) is 6.49. The highest BCUT2D eigenvalue weighted by atomic mass is 15.3. The van der Waals surface area contributed by atoms with E-state index in [1.54, 1.807) is 6.20 Å². The molecule has 1 N–H and O–H groups in total. The van der Waals surface area contributed by atoms with Crippen LogP contribution in [0.25, 0.3) is 0 Å². The van der Waals surface area contributed by atoms with Crippen molar-refractivity contribution in [1.29, 1.82) is 0 Å². The molecule has 5 heteroatoms. The SMILES string of the molecule is CN(c1ccccc1)c1nncc(NC2CCCC2)n1. The Morgan fingerprint density at radius 1 is 1.15 bits per heavy atom. The van der Waals surface area contributed by atoms with Gasteiger partial charge in [-0.3, -0.25) is 0 Å². The first-order valence-electron chi connectivity index (χ1n) is 7.08. The molecule has 5 nitrogen and oxygen atoms in total. The summed E-state index contributed by atoms with van der Waals surface area (Å²) in [6, 6.07) is 10.6. The fourth-order valence-corrected chi connectivity index (χ4v) is 2.55. The Morgan fingerprint density at radius 2 is 1.90 bits per heavy atom. The lowest BCUT2D eigenvalue weighted by atomic mass is 10.2. The number of aromatic nitrogens is 3. The van der Waals surface area contributed by atoms with E-state index in [-0.39, 0.29) is 0 Å². The average Bonchev–Trinajstić information content (AvgIpc) is 3.01. The molecular formula is C15H19N5. The first-order valence-corrected chi connectivity index (χ1v) is 7.08. The summed E-state index contributed by atoms with van der Waals surface area (Å²) in [6.07, 6.45) is 6.72. The highest BCUT2D eigenvalue weighted by molar-refractivity contribution is 5.56. The van der Waals surface area contributed by atoms with Gasteiger partial charge in [0.15, 0.2) is 5.82 Å². The van der Waals surface area contributed by atoms with Gasteiger partial charge >= 0.3 is 0 Å². The Hall–Kier alpha value is -2.17. The number of rotatable bonds is 4. The molecule has 0 spiro atoms. The first-order chi connectivity index (χ1) is 9.83. The Kier molecular flexibility index (Phi) is 3.76. The summed E-state index contributed by atoms with van der Waals surface area (Å²) in [6.45, 7) is 0. The topological polar surface area (TPSA) is 53.9 Å². The lowest BCUT2D eigenvalue weighted by Gasteiger charge is -2.18. The summed E-state index contributed by atoms with van der Waals surface area (Å²) in [7, 11) is 1.95. The summed E-state index contributed by atoms with van der Waals surface area (Å²) in [5.74, 6) is 1.42. The predicted octanol–water partition coefficient (Wildman–Crippen LogP) is 2.99. The number of para-hydroxylation sites is 1. The largest absolute Gasteiger partial charge is 0.366 e. The molecule has 104 valence electrons. The van der Waals surface area contributed by atoms with Gasteiger partial charge in [0.05, 0.1) is 6.20 Å². The van der Waals surface area contributed by atoms with Gasteiger partial charge in [0.1, 0.15) is 0 Å². The molecule has 3 rings (SSSR count). The van der Waals surface area contributed by atoms with E-state index in [1.165, 1.54) is 25.7 Å². The van der Waals surface area contributed by atoms with Gasteiger partial charge in [0.2, 0.25) is 0 Å². The van der Waals surface area contributed by atoms with Gasteiger partial charge in [-0.1, -0.05) is 31.0 Å². The molecule has 1 saturated carbocycles. The van der Waals surface area contributed by atoms with Crippen molar-refractivity contribution < 1.29 is 0 Å². The molecule has 0 radical (unpaired) electrons. The molecule has 1 aliphatic carbocycles. The van der Waals surface area contributed by atoms with E-state index < -0.39 is 0 Å². The number of nitrogens with zero attached hydrogens (tertiary/aromatic N) is 4. The molecule has 20 heavy (non-hydrogen) atoms. The van der Waals surface area contributed by atoms with Crippen LogP contribution in [0.1, 0.15) is 25.7 Å². The van der Waals surface area contributed by atoms with Crippen molar-refractivity contribution in [3.63, 3.8) is 0 Å². The Balaban J connectivity index is 1.76. The van der Waals surface area contributed by atoms with Crippen molar-refractivity contribution in [3.05, 3.63) is 36.5 Å². The maximum atomic E-state index is 4.55. The minimum absolute atomic E-state index is 0.529. The normalized spacial score (nSPS) is 15.2. The molecule has 0 aliphatic heterocycles. The molecular weight excluding hydrogens is 250 g/mol. The van der Waals surface area contributed by atoms with Crippen LogP contribution in [0.4, 0.5) is 17.5 Å². The summed E-state index contributed by atoms with van der Waals surface area (Å²) in [5.41, 5.74) is 1.05. The van der Waals surface area contributed by atoms with Crippen molar-refractivity contribution in [1.82, 2.24) is 15.2 Å². The maximum Gasteiger partial charge on any atom is 0.251 e. The fraction of sp³-hybridized carbons (Fsp3) is 0.400. The van der Waals surface area contributed by atoms with Crippen LogP contribution in [-0.4, -0.2) is 28.3 Å². The van der Waals surface area contributed by atoms with E-state index in [9.17, 15) is 0 Å². The second-order valence-electron chi connectivity index (χ2n) is 5.16. The molecule has 1 fully saturated rings. The van der Waals surface area contributed by atoms with Crippen molar-refractivity contribution in [2.45, 2.75) is 31.7 Å². The van der Waals surface area contributed by atoms with Gasteiger partial charge in [-0.15, -0.1) is 5.10 Å². The third-order valence-electron chi connectivity index (χ3n) is 3.70. The van der Waals surface area contributed by atoms with E-state index in [0.29, 0.717) is 12.0 Å². The van der Waals surface area contributed by atoms with Crippen molar-refractivity contribution >= 4 is 17.5 Å². The van der Waals surface area contributed by atoms with Gasteiger partial charge in [-0.25, -0.2) is 0 Å². The van der Waals surface area contributed by atoms with Crippen LogP contribution in [0, 0.1) is 0 Å². The second-order valence-corrected chi connectivity index (χ2v) is 5.16. The average molecular weight is 269 g/mol.